The van der Waals surface area contributed by atoms with Crippen LogP contribution in [0.4, 0.5) is 4.39 Å². The van der Waals surface area contributed by atoms with E-state index in [1.807, 2.05) is 44.4 Å². The van der Waals surface area contributed by atoms with Gasteiger partial charge in [-0.2, -0.15) is 0 Å². The van der Waals surface area contributed by atoms with Crippen molar-refractivity contribution in [1.82, 2.24) is 15.3 Å². The largest absolute Gasteiger partial charge is 0.382 e. The van der Waals surface area contributed by atoms with Crippen LogP contribution in [0.25, 0.3) is 10.9 Å². The fourth-order valence-electron chi connectivity index (χ4n) is 4.21. The Kier molecular flexibility index (Phi) is 6.32. The quantitative estimate of drug-likeness (QED) is 0.400. The smallest absolute Gasteiger partial charge is 0.111 e. The number of aromatic nitrogens is 2. The Morgan fingerprint density at radius 1 is 1.16 bits per heavy atom. The highest BCUT2D eigenvalue weighted by atomic mass is 19.1. The van der Waals surface area contributed by atoms with Crippen LogP contribution in [0.2, 0.25) is 0 Å². The lowest BCUT2D eigenvalue weighted by molar-refractivity contribution is 0.112. The van der Waals surface area contributed by atoms with Gasteiger partial charge < -0.3 is 5.32 Å². The van der Waals surface area contributed by atoms with Gasteiger partial charge in [0.1, 0.15) is 5.67 Å². The first-order chi connectivity index (χ1) is 15.2. The van der Waals surface area contributed by atoms with Gasteiger partial charge in [0, 0.05) is 41.1 Å². The van der Waals surface area contributed by atoms with Crippen LogP contribution < -0.4 is 5.32 Å². The summed E-state index contributed by atoms with van der Waals surface area (Å²) in [7, 11) is 0. The van der Waals surface area contributed by atoms with Crippen molar-refractivity contribution in [2.75, 3.05) is 0 Å². The van der Waals surface area contributed by atoms with Crippen molar-refractivity contribution in [1.29, 1.82) is 0 Å². The third-order valence-electron chi connectivity index (χ3n) is 7.10. The predicted molar refractivity (Wildman–Crippen MR) is 130 cm³/mol. The molecule has 32 heavy (non-hydrogen) atoms. The molecular formula is C28H34FN3. The van der Waals surface area contributed by atoms with Crippen molar-refractivity contribution in [2.45, 2.75) is 64.6 Å². The van der Waals surface area contributed by atoms with E-state index in [-0.39, 0.29) is 12.0 Å². The number of fused-ring (bicyclic) bond motifs is 1. The molecule has 1 aliphatic carbocycles. The van der Waals surface area contributed by atoms with Crippen LogP contribution in [0.15, 0.2) is 67.1 Å². The highest BCUT2D eigenvalue weighted by Crippen LogP contribution is 2.51. The van der Waals surface area contributed by atoms with Crippen molar-refractivity contribution in [3.05, 3.63) is 84.0 Å². The maximum atomic E-state index is 14.5. The second kappa shape index (κ2) is 9.01. The van der Waals surface area contributed by atoms with Crippen LogP contribution in [0.3, 0.4) is 0 Å². The summed E-state index contributed by atoms with van der Waals surface area (Å²) in [6, 6.07) is 14.7. The molecule has 168 valence electrons. The van der Waals surface area contributed by atoms with Crippen molar-refractivity contribution in [3.63, 3.8) is 0 Å². The molecule has 0 bridgehead atoms. The number of alkyl halides is 1. The molecule has 4 atom stereocenters. The first kappa shape index (κ1) is 22.4. The molecule has 1 N–H and O–H groups in total. The molecule has 1 aliphatic rings. The molecule has 1 fully saturated rings. The summed E-state index contributed by atoms with van der Waals surface area (Å²) in [6.07, 6.45) is 6.17. The Labute approximate surface area is 191 Å². The number of rotatable bonds is 9. The number of aryl methyl sites for hydroxylation is 1. The van der Waals surface area contributed by atoms with Crippen molar-refractivity contribution in [3.8, 4) is 0 Å². The molecule has 1 aromatic carbocycles. The van der Waals surface area contributed by atoms with E-state index in [0.717, 1.165) is 28.9 Å². The molecule has 3 aromatic rings. The van der Waals surface area contributed by atoms with Crippen molar-refractivity contribution >= 4 is 10.9 Å². The third kappa shape index (κ3) is 5.01. The lowest BCUT2D eigenvalue weighted by Gasteiger charge is -2.24. The second-order valence-corrected chi connectivity index (χ2v) is 9.82. The fourth-order valence-corrected chi connectivity index (χ4v) is 4.21. The Bertz CT molecular complexity index is 1090. The number of nitrogens with one attached hydrogen (secondary N) is 1. The highest BCUT2D eigenvalue weighted by molar-refractivity contribution is 5.79. The van der Waals surface area contributed by atoms with Gasteiger partial charge in [0.2, 0.25) is 0 Å². The van der Waals surface area contributed by atoms with E-state index in [1.54, 1.807) is 6.92 Å². The number of allylic oxidation sites excluding steroid dienone is 1. The Balaban J connectivity index is 1.32. The van der Waals surface area contributed by atoms with Gasteiger partial charge in [0.05, 0.1) is 5.52 Å². The normalized spacial score (nSPS) is 20.7. The zero-order valence-corrected chi connectivity index (χ0v) is 19.6. The summed E-state index contributed by atoms with van der Waals surface area (Å²) in [5, 5.41) is 4.76. The van der Waals surface area contributed by atoms with Crippen molar-refractivity contribution in [2.24, 2.45) is 11.8 Å². The number of hydrogen-bond donors (Lipinski definition) is 1. The molecule has 4 unspecified atom stereocenters. The van der Waals surface area contributed by atoms with Gasteiger partial charge in [-0.25, -0.2) is 4.39 Å². The SMILES string of the molecule is C=C(NC(C)c1ccc(CCC(C)(F)C(C)C)nc1)C1CC1c1cnc2ccccc2c1. The molecule has 2 aromatic heterocycles. The van der Waals surface area contributed by atoms with E-state index < -0.39 is 5.67 Å². The predicted octanol–water partition coefficient (Wildman–Crippen LogP) is 6.91. The number of halogens is 1. The highest BCUT2D eigenvalue weighted by Gasteiger charge is 2.41. The van der Waals surface area contributed by atoms with Gasteiger partial charge in [-0.15, -0.1) is 0 Å². The summed E-state index contributed by atoms with van der Waals surface area (Å²) in [6.45, 7) is 12.0. The summed E-state index contributed by atoms with van der Waals surface area (Å²) in [5.74, 6) is 0.926. The van der Waals surface area contributed by atoms with Crippen LogP contribution >= 0.6 is 0 Å². The molecular weight excluding hydrogens is 397 g/mol. The molecule has 4 rings (SSSR count). The average molecular weight is 432 g/mol. The van der Waals surface area contributed by atoms with Gasteiger partial charge in [-0.1, -0.05) is 44.7 Å². The standard InChI is InChI=1S/C28H34FN3/c1-18(2)28(5,29)13-12-24-11-10-22(16-30-24)19(3)32-20(4)25-15-26(25)23-14-21-8-6-7-9-27(21)31-17-23/h6-11,14,16-19,25-26,32H,4,12-13,15H2,1-3,5H3. The number of benzene rings is 1. The van der Waals surface area contributed by atoms with Crippen LogP contribution in [-0.2, 0) is 6.42 Å². The molecule has 1 saturated carbocycles. The second-order valence-electron chi connectivity index (χ2n) is 9.82. The minimum atomic E-state index is -1.16. The summed E-state index contributed by atoms with van der Waals surface area (Å²) in [5.41, 5.74) is 4.30. The van der Waals surface area contributed by atoms with Crippen LogP contribution in [0, 0.1) is 11.8 Å². The third-order valence-corrected chi connectivity index (χ3v) is 7.10. The number of para-hydroxylation sites is 1. The lowest BCUT2D eigenvalue weighted by Crippen LogP contribution is -2.26. The van der Waals surface area contributed by atoms with Crippen LogP contribution in [0.1, 0.15) is 69.3 Å². The summed E-state index contributed by atoms with van der Waals surface area (Å²) >= 11 is 0. The molecule has 0 spiro atoms. The average Bonchev–Trinajstić information content (AvgIpc) is 3.59. The first-order valence-electron chi connectivity index (χ1n) is 11.7. The van der Waals surface area contributed by atoms with Crippen LogP contribution in [0.5, 0.6) is 0 Å². The summed E-state index contributed by atoms with van der Waals surface area (Å²) in [4.78, 5) is 9.19. The van der Waals surface area contributed by atoms with Gasteiger partial charge in [-0.3, -0.25) is 9.97 Å². The number of hydrogen-bond acceptors (Lipinski definition) is 3. The minimum Gasteiger partial charge on any atom is -0.382 e. The molecule has 4 heteroatoms. The van der Waals surface area contributed by atoms with E-state index in [0.29, 0.717) is 24.7 Å². The Hall–Kier alpha value is -2.75. The molecule has 2 heterocycles. The number of pyridine rings is 2. The molecule has 3 nitrogen and oxygen atoms in total. The van der Waals surface area contributed by atoms with Gasteiger partial charge in [-0.05, 0) is 74.3 Å². The lowest BCUT2D eigenvalue weighted by atomic mass is 9.89. The number of nitrogens with zero attached hydrogens (tertiary/aromatic N) is 2. The van der Waals surface area contributed by atoms with Gasteiger partial charge in [0.25, 0.3) is 0 Å². The zero-order valence-electron chi connectivity index (χ0n) is 19.6. The van der Waals surface area contributed by atoms with E-state index in [2.05, 4.69) is 53.1 Å². The zero-order chi connectivity index (χ0) is 22.9. The molecule has 0 aliphatic heterocycles. The molecule has 0 amide bonds. The monoisotopic (exact) mass is 431 g/mol. The molecule has 0 radical (unpaired) electrons. The Morgan fingerprint density at radius 3 is 2.66 bits per heavy atom. The van der Waals surface area contributed by atoms with E-state index in [4.69, 9.17) is 0 Å². The van der Waals surface area contributed by atoms with Crippen molar-refractivity contribution < 1.29 is 4.39 Å². The van der Waals surface area contributed by atoms with Gasteiger partial charge >= 0.3 is 0 Å². The van der Waals surface area contributed by atoms with Crippen LogP contribution in [-0.4, -0.2) is 15.6 Å². The summed E-state index contributed by atoms with van der Waals surface area (Å²) < 4.78 is 14.5. The van der Waals surface area contributed by atoms with E-state index in [1.165, 1.54) is 10.9 Å². The van der Waals surface area contributed by atoms with E-state index >= 15 is 0 Å². The fraction of sp³-hybridized carbons (Fsp3) is 0.429. The minimum absolute atomic E-state index is 0.00801. The maximum absolute atomic E-state index is 14.5. The Morgan fingerprint density at radius 2 is 1.94 bits per heavy atom. The molecule has 0 saturated heterocycles. The maximum Gasteiger partial charge on any atom is 0.111 e. The van der Waals surface area contributed by atoms with E-state index in [9.17, 15) is 4.39 Å². The van der Waals surface area contributed by atoms with Gasteiger partial charge in [0.15, 0.2) is 0 Å². The topological polar surface area (TPSA) is 37.8 Å². The first-order valence-corrected chi connectivity index (χ1v) is 11.7.